The van der Waals surface area contributed by atoms with Gasteiger partial charge in [0.2, 0.25) is 0 Å². The van der Waals surface area contributed by atoms with Crippen molar-refractivity contribution in [2.75, 3.05) is 5.32 Å². The summed E-state index contributed by atoms with van der Waals surface area (Å²) >= 11 is 3.41. The third-order valence-corrected chi connectivity index (χ3v) is 3.65. The molecule has 20 heavy (non-hydrogen) atoms. The van der Waals surface area contributed by atoms with E-state index in [4.69, 9.17) is 0 Å². The van der Waals surface area contributed by atoms with Gasteiger partial charge in [-0.15, -0.1) is 0 Å². The molecule has 0 aliphatic carbocycles. The number of anilines is 1. The standard InChI is InChI=1S/C16H13BrN2O/c17-12-6-7-16(20)11(9-12)10-19-15-5-1-4-14-13(15)3-2-8-18-14/h1-9,19-20H,10H2. The summed E-state index contributed by atoms with van der Waals surface area (Å²) < 4.78 is 0.951. The smallest absolute Gasteiger partial charge is 0.120 e. The largest absolute Gasteiger partial charge is 0.508 e. The summed E-state index contributed by atoms with van der Waals surface area (Å²) in [5.74, 6) is 0.291. The molecule has 0 bridgehead atoms. The van der Waals surface area contributed by atoms with Crippen LogP contribution in [-0.4, -0.2) is 10.1 Å². The topological polar surface area (TPSA) is 45.1 Å². The van der Waals surface area contributed by atoms with Crippen LogP contribution in [0, 0.1) is 0 Å². The highest BCUT2D eigenvalue weighted by Gasteiger charge is 2.04. The van der Waals surface area contributed by atoms with Crippen LogP contribution in [0.25, 0.3) is 10.9 Å². The SMILES string of the molecule is Oc1ccc(Br)cc1CNc1cccc2ncccc12. The molecule has 3 nitrogen and oxygen atoms in total. The van der Waals surface area contributed by atoms with E-state index < -0.39 is 0 Å². The second-order valence-electron chi connectivity index (χ2n) is 4.50. The second kappa shape index (κ2) is 5.51. The maximum atomic E-state index is 9.85. The van der Waals surface area contributed by atoms with Gasteiger partial charge >= 0.3 is 0 Å². The van der Waals surface area contributed by atoms with Crippen molar-refractivity contribution in [2.45, 2.75) is 6.54 Å². The lowest BCUT2D eigenvalue weighted by atomic mass is 10.1. The fraction of sp³-hybridized carbons (Fsp3) is 0.0625. The number of hydrogen-bond donors (Lipinski definition) is 2. The van der Waals surface area contributed by atoms with Gasteiger partial charge in [0.25, 0.3) is 0 Å². The van der Waals surface area contributed by atoms with E-state index in [1.54, 1.807) is 12.3 Å². The van der Waals surface area contributed by atoms with Gasteiger partial charge in [-0.05, 0) is 42.5 Å². The second-order valence-corrected chi connectivity index (χ2v) is 5.42. The molecule has 2 aromatic carbocycles. The summed E-state index contributed by atoms with van der Waals surface area (Å²) in [5, 5.41) is 14.3. The minimum absolute atomic E-state index is 0.291. The number of hydrogen-bond acceptors (Lipinski definition) is 3. The Morgan fingerprint density at radius 3 is 2.90 bits per heavy atom. The van der Waals surface area contributed by atoms with Crippen LogP contribution in [0.2, 0.25) is 0 Å². The Bertz CT molecular complexity index is 753. The van der Waals surface area contributed by atoms with E-state index >= 15 is 0 Å². The number of halogens is 1. The minimum atomic E-state index is 0.291. The number of benzene rings is 2. The minimum Gasteiger partial charge on any atom is -0.508 e. The molecule has 4 heteroatoms. The van der Waals surface area contributed by atoms with E-state index in [0.29, 0.717) is 12.3 Å². The molecular formula is C16H13BrN2O. The van der Waals surface area contributed by atoms with Crippen LogP contribution in [-0.2, 0) is 6.54 Å². The highest BCUT2D eigenvalue weighted by atomic mass is 79.9. The Hall–Kier alpha value is -2.07. The van der Waals surface area contributed by atoms with Gasteiger partial charge in [-0.25, -0.2) is 0 Å². The highest BCUT2D eigenvalue weighted by Crippen LogP contribution is 2.25. The third kappa shape index (κ3) is 2.60. The van der Waals surface area contributed by atoms with Gasteiger partial charge in [-0.3, -0.25) is 4.98 Å². The fourth-order valence-corrected chi connectivity index (χ4v) is 2.55. The summed E-state index contributed by atoms with van der Waals surface area (Å²) in [7, 11) is 0. The molecule has 3 rings (SSSR count). The van der Waals surface area contributed by atoms with E-state index in [-0.39, 0.29) is 0 Å². The number of nitrogens with one attached hydrogen (secondary N) is 1. The maximum Gasteiger partial charge on any atom is 0.120 e. The number of rotatable bonds is 3. The summed E-state index contributed by atoms with van der Waals surface area (Å²) in [6.07, 6.45) is 1.78. The van der Waals surface area contributed by atoms with Crippen LogP contribution < -0.4 is 5.32 Å². The van der Waals surface area contributed by atoms with E-state index in [1.807, 2.05) is 42.5 Å². The summed E-state index contributed by atoms with van der Waals surface area (Å²) in [6.45, 7) is 0.555. The molecule has 1 aromatic heterocycles. The van der Waals surface area contributed by atoms with Gasteiger partial charge in [0.1, 0.15) is 5.75 Å². The maximum absolute atomic E-state index is 9.85. The zero-order valence-corrected chi connectivity index (χ0v) is 12.3. The zero-order valence-electron chi connectivity index (χ0n) is 10.7. The molecular weight excluding hydrogens is 316 g/mol. The average molecular weight is 329 g/mol. The highest BCUT2D eigenvalue weighted by molar-refractivity contribution is 9.10. The summed E-state index contributed by atoms with van der Waals surface area (Å²) in [4.78, 5) is 4.33. The van der Waals surface area contributed by atoms with Crippen molar-refractivity contribution in [3.63, 3.8) is 0 Å². The predicted octanol–water partition coefficient (Wildman–Crippen LogP) is 4.32. The van der Waals surface area contributed by atoms with Crippen molar-refractivity contribution < 1.29 is 5.11 Å². The zero-order chi connectivity index (χ0) is 13.9. The van der Waals surface area contributed by atoms with Gasteiger partial charge in [-0.2, -0.15) is 0 Å². The molecule has 2 N–H and O–H groups in total. The molecule has 0 unspecified atom stereocenters. The lowest BCUT2D eigenvalue weighted by Gasteiger charge is -2.11. The Balaban J connectivity index is 1.89. The predicted molar refractivity (Wildman–Crippen MR) is 84.9 cm³/mol. The van der Waals surface area contributed by atoms with Crippen LogP contribution in [0.1, 0.15) is 5.56 Å². The van der Waals surface area contributed by atoms with Crippen molar-refractivity contribution >= 4 is 32.5 Å². The van der Waals surface area contributed by atoms with E-state index in [2.05, 4.69) is 26.2 Å². The Labute approximate surface area is 125 Å². The van der Waals surface area contributed by atoms with Crippen LogP contribution in [0.15, 0.2) is 59.2 Å². The molecule has 0 saturated carbocycles. The molecule has 0 fully saturated rings. The average Bonchev–Trinajstić information content (AvgIpc) is 2.48. The molecule has 0 amide bonds. The molecule has 1 heterocycles. The van der Waals surface area contributed by atoms with Crippen molar-refractivity contribution in [2.24, 2.45) is 0 Å². The van der Waals surface area contributed by atoms with E-state index in [9.17, 15) is 5.11 Å². The first kappa shape index (κ1) is 12.9. The number of phenolic OH excluding ortho intramolecular Hbond substituents is 1. The Morgan fingerprint density at radius 1 is 1.10 bits per heavy atom. The quantitative estimate of drug-likeness (QED) is 0.752. The van der Waals surface area contributed by atoms with Gasteiger partial charge in [-0.1, -0.05) is 22.0 Å². The first-order valence-corrected chi connectivity index (χ1v) is 7.08. The Kier molecular flexibility index (Phi) is 3.56. The van der Waals surface area contributed by atoms with Crippen LogP contribution in [0.4, 0.5) is 5.69 Å². The van der Waals surface area contributed by atoms with Crippen molar-refractivity contribution in [1.82, 2.24) is 4.98 Å². The van der Waals surface area contributed by atoms with E-state index in [1.165, 1.54) is 0 Å². The monoisotopic (exact) mass is 328 g/mol. The number of pyridine rings is 1. The molecule has 0 saturated heterocycles. The number of aromatic nitrogens is 1. The summed E-state index contributed by atoms with van der Waals surface area (Å²) in [6, 6.07) is 15.3. The van der Waals surface area contributed by atoms with Gasteiger partial charge in [0.15, 0.2) is 0 Å². The number of fused-ring (bicyclic) bond motifs is 1. The van der Waals surface area contributed by atoms with Crippen LogP contribution in [0.3, 0.4) is 0 Å². The molecule has 3 aromatic rings. The normalized spacial score (nSPS) is 10.7. The number of phenols is 1. The fourth-order valence-electron chi connectivity index (χ4n) is 2.14. The molecule has 0 radical (unpaired) electrons. The van der Waals surface area contributed by atoms with Gasteiger partial charge < -0.3 is 10.4 Å². The third-order valence-electron chi connectivity index (χ3n) is 3.16. The van der Waals surface area contributed by atoms with Gasteiger partial charge in [0.05, 0.1) is 5.52 Å². The van der Waals surface area contributed by atoms with Crippen molar-refractivity contribution in [3.8, 4) is 5.75 Å². The van der Waals surface area contributed by atoms with Crippen LogP contribution >= 0.6 is 15.9 Å². The van der Waals surface area contributed by atoms with Crippen molar-refractivity contribution in [3.05, 3.63) is 64.8 Å². The molecule has 100 valence electrons. The number of nitrogens with zero attached hydrogens (tertiary/aromatic N) is 1. The first-order chi connectivity index (χ1) is 9.74. The van der Waals surface area contributed by atoms with Crippen LogP contribution in [0.5, 0.6) is 5.75 Å². The lowest BCUT2D eigenvalue weighted by Crippen LogP contribution is -2.00. The van der Waals surface area contributed by atoms with E-state index in [0.717, 1.165) is 26.6 Å². The molecule has 0 aliphatic rings. The first-order valence-electron chi connectivity index (χ1n) is 6.29. The van der Waals surface area contributed by atoms with Crippen molar-refractivity contribution in [1.29, 1.82) is 0 Å². The summed E-state index contributed by atoms with van der Waals surface area (Å²) in [5.41, 5.74) is 2.81. The lowest BCUT2D eigenvalue weighted by molar-refractivity contribution is 0.469. The molecule has 0 spiro atoms. The van der Waals surface area contributed by atoms with Gasteiger partial charge in [0, 0.05) is 33.9 Å². The molecule has 0 aliphatic heterocycles. The molecule has 0 atom stereocenters. The Morgan fingerprint density at radius 2 is 2.00 bits per heavy atom. The number of aromatic hydroxyl groups is 1.